The lowest BCUT2D eigenvalue weighted by Gasteiger charge is -2.33. The number of hydrogen-bond donors (Lipinski definition) is 8. The molecule has 0 fully saturated rings. The number of amides is 3. The molecular formula is C21H24F9N3O9. The normalized spacial score (nSPS) is 13.9. The molecule has 1 aromatic rings. The van der Waals surface area contributed by atoms with Gasteiger partial charge in [-0.3, -0.25) is 14.4 Å². The average Bonchev–Trinajstić information content (AvgIpc) is 2.88. The Morgan fingerprint density at radius 1 is 0.667 bits per heavy atom. The highest BCUT2D eigenvalue weighted by molar-refractivity contribution is 6.09. The van der Waals surface area contributed by atoms with Crippen LogP contribution in [0.1, 0.15) is 37.4 Å². The molecule has 1 rings (SSSR count). The third kappa shape index (κ3) is 8.64. The fraction of sp³-hybridized carbons (Fsp3) is 0.571. The van der Waals surface area contributed by atoms with Crippen molar-refractivity contribution in [2.75, 3.05) is 51.0 Å². The second-order valence-corrected chi connectivity index (χ2v) is 8.24. The number of alkyl halides is 9. The maximum Gasteiger partial charge on any atom is 0.419 e. The molecule has 1 aromatic carbocycles. The van der Waals surface area contributed by atoms with Crippen molar-refractivity contribution in [1.29, 1.82) is 0 Å². The van der Waals surface area contributed by atoms with Crippen LogP contribution in [-0.4, -0.2) is 107 Å². The summed E-state index contributed by atoms with van der Waals surface area (Å²) in [6.07, 6.45) is -23.0. The van der Waals surface area contributed by atoms with Crippen molar-refractivity contribution in [3.05, 3.63) is 27.8 Å². The molecule has 0 spiro atoms. The van der Waals surface area contributed by atoms with Crippen molar-refractivity contribution < 1.29 is 84.5 Å². The molecular weight excluding hydrogens is 609 g/mol. The maximum absolute atomic E-state index is 14.4. The second-order valence-electron chi connectivity index (χ2n) is 8.24. The van der Waals surface area contributed by atoms with Gasteiger partial charge in [0.2, 0.25) is 0 Å². The average molecular weight is 633 g/mol. The van der Waals surface area contributed by atoms with Crippen LogP contribution in [0.3, 0.4) is 0 Å². The van der Waals surface area contributed by atoms with Gasteiger partial charge in [0.15, 0.2) is 0 Å². The smallest absolute Gasteiger partial charge is 0.395 e. The molecule has 0 heterocycles. The van der Waals surface area contributed by atoms with Gasteiger partial charge in [-0.2, -0.15) is 39.5 Å². The van der Waals surface area contributed by atoms with Gasteiger partial charge in [0.25, 0.3) is 17.7 Å². The first kappa shape index (κ1) is 36.8. The Morgan fingerprint density at radius 3 is 1.29 bits per heavy atom. The minimum Gasteiger partial charge on any atom is -0.395 e. The number of nitrogens with one attached hydrogen (secondary N) is 2. The minimum atomic E-state index is -6.36. The minimum absolute atomic E-state index is 0.621. The van der Waals surface area contributed by atoms with Gasteiger partial charge in [-0.1, -0.05) is 0 Å². The van der Waals surface area contributed by atoms with Crippen LogP contribution in [0.5, 0.6) is 0 Å². The highest BCUT2D eigenvalue weighted by Crippen LogP contribution is 2.52. The van der Waals surface area contributed by atoms with Crippen LogP contribution in [0.2, 0.25) is 0 Å². The molecule has 42 heavy (non-hydrogen) atoms. The lowest BCUT2D eigenvalue weighted by Crippen LogP contribution is -2.43. The molecule has 0 aromatic heterocycles. The van der Waals surface area contributed by atoms with Gasteiger partial charge in [0.05, 0.1) is 65.5 Å². The highest BCUT2D eigenvalue weighted by Gasteiger charge is 2.55. The van der Waals surface area contributed by atoms with Crippen LogP contribution in [0.15, 0.2) is 0 Å². The summed E-state index contributed by atoms with van der Waals surface area (Å²) < 4.78 is 130. The largest absolute Gasteiger partial charge is 0.419 e. The molecule has 2 unspecified atom stereocenters. The molecule has 0 bridgehead atoms. The SMILES string of the molecule is O=C(NCC(O)CO)c1c(C(F)(F)F)c(C(=O)NCC(O)CO)c(C(F)(F)F)c(N(CCO)C(=O)CO)c1C(F)(F)F. The van der Waals surface area contributed by atoms with Crippen LogP contribution in [0.4, 0.5) is 45.2 Å². The lowest BCUT2D eigenvalue weighted by molar-refractivity contribution is -0.148. The molecule has 12 nitrogen and oxygen atoms in total. The van der Waals surface area contributed by atoms with Crippen LogP contribution < -0.4 is 15.5 Å². The van der Waals surface area contributed by atoms with Gasteiger partial charge in [0, 0.05) is 19.6 Å². The summed E-state index contributed by atoms with van der Waals surface area (Å²) in [6.45, 7) is -9.69. The van der Waals surface area contributed by atoms with E-state index >= 15 is 0 Å². The van der Waals surface area contributed by atoms with Gasteiger partial charge in [-0.25, -0.2) is 0 Å². The highest BCUT2D eigenvalue weighted by atomic mass is 19.4. The Bertz CT molecular complexity index is 1080. The molecule has 0 aliphatic heterocycles. The Kier molecular flexibility index (Phi) is 12.5. The first-order valence-electron chi connectivity index (χ1n) is 11.3. The molecule has 0 saturated heterocycles. The van der Waals surface area contributed by atoms with Crippen LogP contribution in [0.25, 0.3) is 0 Å². The Balaban J connectivity index is 4.67. The van der Waals surface area contributed by atoms with Crippen LogP contribution in [0, 0.1) is 0 Å². The topological polar surface area (TPSA) is 200 Å². The number of carbonyl (C=O) groups excluding carboxylic acids is 3. The Morgan fingerprint density at radius 2 is 1.02 bits per heavy atom. The van der Waals surface area contributed by atoms with Crippen molar-refractivity contribution in [2.45, 2.75) is 30.7 Å². The zero-order valence-corrected chi connectivity index (χ0v) is 20.9. The lowest BCUT2D eigenvalue weighted by atomic mass is 9.86. The molecule has 0 radical (unpaired) electrons. The van der Waals surface area contributed by atoms with Crippen molar-refractivity contribution in [3.63, 3.8) is 0 Å². The molecule has 8 N–H and O–H groups in total. The van der Waals surface area contributed by atoms with E-state index in [2.05, 4.69) is 0 Å². The predicted molar refractivity (Wildman–Crippen MR) is 119 cm³/mol. The van der Waals surface area contributed by atoms with E-state index in [-0.39, 0.29) is 0 Å². The fourth-order valence-electron chi connectivity index (χ4n) is 3.57. The van der Waals surface area contributed by atoms with E-state index in [9.17, 15) is 74.3 Å². The number of rotatable bonds is 12. The van der Waals surface area contributed by atoms with Gasteiger partial charge in [-0.15, -0.1) is 0 Å². The number of hydrogen-bond acceptors (Lipinski definition) is 9. The molecule has 0 aliphatic carbocycles. The maximum atomic E-state index is 14.4. The van der Waals surface area contributed by atoms with E-state index in [4.69, 9.17) is 10.2 Å². The van der Waals surface area contributed by atoms with Gasteiger partial charge < -0.3 is 46.2 Å². The summed E-state index contributed by atoms with van der Waals surface area (Å²) in [5.41, 5.74) is -17.1. The fourth-order valence-corrected chi connectivity index (χ4v) is 3.57. The Hall–Kier alpha value is -3.24. The van der Waals surface area contributed by atoms with Crippen LogP contribution >= 0.6 is 0 Å². The number of carbonyl (C=O) groups is 3. The number of benzene rings is 1. The number of aliphatic hydroxyl groups excluding tert-OH is 6. The van der Waals surface area contributed by atoms with E-state index in [1.165, 1.54) is 10.6 Å². The van der Waals surface area contributed by atoms with Gasteiger partial charge >= 0.3 is 18.5 Å². The molecule has 21 heteroatoms. The molecule has 3 amide bonds. The van der Waals surface area contributed by atoms with Crippen molar-refractivity contribution in [2.24, 2.45) is 0 Å². The summed E-state index contributed by atoms with van der Waals surface area (Å²) in [4.78, 5) is 37.3. The quantitative estimate of drug-likeness (QED) is 0.136. The Labute approximate surface area is 229 Å². The summed E-state index contributed by atoms with van der Waals surface area (Å²) in [6, 6.07) is 0. The summed E-state index contributed by atoms with van der Waals surface area (Å²) in [7, 11) is 0. The summed E-state index contributed by atoms with van der Waals surface area (Å²) in [5, 5.41) is 57.6. The zero-order chi connectivity index (χ0) is 32.8. The number of anilines is 1. The predicted octanol–water partition coefficient (Wildman–Crippen LogP) is -0.773. The first-order chi connectivity index (χ1) is 19.2. The summed E-state index contributed by atoms with van der Waals surface area (Å²) in [5.74, 6) is -6.98. The molecule has 0 aliphatic rings. The van der Waals surface area contributed by atoms with Crippen molar-refractivity contribution >= 4 is 23.4 Å². The number of aliphatic hydroxyl groups is 6. The van der Waals surface area contributed by atoms with Crippen molar-refractivity contribution in [1.82, 2.24) is 10.6 Å². The molecule has 240 valence electrons. The molecule has 2 atom stereocenters. The summed E-state index contributed by atoms with van der Waals surface area (Å²) >= 11 is 0. The van der Waals surface area contributed by atoms with E-state index in [0.717, 1.165) is 0 Å². The van der Waals surface area contributed by atoms with E-state index in [0.29, 0.717) is 0 Å². The third-order valence-electron chi connectivity index (χ3n) is 5.23. The first-order valence-corrected chi connectivity index (χ1v) is 11.3. The number of nitrogens with zero attached hydrogens (tertiary/aromatic N) is 1. The van der Waals surface area contributed by atoms with E-state index in [1.807, 2.05) is 0 Å². The second kappa shape index (κ2) is 14.3. The van der Waals surface area contributed by atoms with Crippen LogP contribution in [-0.2, 0) is 23.3 Å². The van der Waals surface area contributed by atoms with E-state index in [1.54, 1.807) is 0 Å². The third-order valence-corrected chi connectivity index (χ3v) is 5.23. The van der Waals surface area contributed by atoms with Crippen molar-refractivity contribution in [3.8, 4) is 0 Å². The number of halogens is 9. The van der Waals surface area contributed by atoms with Gasteiger partial charge in [0.1, 0.15) is 6.61 Å². The van der Waals surface area contributed by atoms with Gasteiger partial charge in [-0.05, 0) is 0 Å². The van der Waals surface area contributed by atoms with E-state index < -0.39 is 133 Å². The molecule has 0 saturated carbocycles. The monoisotopic (exact) mass is 633 g/mol. The zero-order valence-electron chi connectivity index (χ0n) is 20.9. The standard InChI is InChI=1S/C21H24F9N3O9/c22-19(23,24)13-11(17(41)31-3-8(38)5-35)14(20(25,26)27)16(33(1-2-34)10(40)7-37)15(21(28,29)30)12(13)18(42)32-4-9(39)6-36/h8-9,34-39H,1-7H2,(H,31,41)(H,32,42).